The van der Waals surface area contributed by atoms with Crippen LogP contribution in [-0.4, -0.2) is 24.7 Å². The van der Waals surface area contributed by atoms with Crippen LogP contribution in [0.1, 0.15) is 53.1 Å². The predicted octanol–water partition coefficient (Wildman–Crippen LogP) is 2.42. The number of aromatic nitrogens is 1. The molecule has 0 spiro atoms. The van der Waals surface area contributed by atoms with E-state index in [2.05, 4.69) is 0 Å². The molecule has 3 rings (SSSR count). The number of hydrogen-bond acceptors (Lipinski definition) is 4. The first kappa shape index (κ1) is 11.6. The molecular formula is C13H20N2OS. The SMILES string of the molecule is NCC1CCCc2sc(C3CCCOC3)nc21. The van der Waals surface area contributed by atoms with E-state index >= 15 is 0 Å². The smallest absolute Gasteiger partial charge is 0.0985 e. The highest BCUT2D eigenvalue weighted by atomic mass is 32.1. The van der Waals surface area contributed by atoms with Gasteiger partial charge in [0.1, 0.15) is 0 Å². The van der Waals surface area contributed by atoms with Crippen LogP contribution in [0.4, 0.5) is 0 Å². The van der Waals surface area contributed by atoms with E-state index in [1.807, 2.05) is 11.3 Å². The average molecular weight is 252 g/mol. The third kappa shape index (κ3) is 2.26. The first-order valence-corrected chi connectivity index (χ1v) is 7.47. The third-order valence-corrected chi connectivity index (χ3v) is 5.17. The fourth-order valence-corrected chi connectivity index (χ4v) is 4.18. The van der Waals surface area contributed by atoms with Crippen LogP contribution in [0, 0.1) is 0 Å². The number of hydrogen-bond donors (Lipinski definition) is 1. The van der Waals surface area contributed by atoms with Gasteiger partial charge in [-0.05, 0) is 32.1 Å². The van der Waals surface area contributed by atoms with Crippen molar-refractivity contribution in [2.24, 2.45) is 5.73 Å². The summed E-state index contributed by atoms with van der Waals surface area (Å²) in [7, 11) is 0. The fraction of sp³-hybridized carbons (Fsp3) is 0.769. The number of nitrogens with zero attached hydrogens (tertiary/aromatic N) is 1. The molecule has 0 radical (unpaired) electrons. The summed E-state index contributed by atoms with van der Waals surface area (Å²) in [5.74, 6) is 1.05. The lowest BCUT2D eigenvalue weighted by atomic mass is 9.91. The molecule has 1 aromatic heterocycles. The van der Waals surface area contributed by atoms with Gasteiger partial charge in [-0.3, -0.25) is 0 Å². The Morgan fingerprint density at radius 2 is 2.29 bits per heavy atom. The number of aryl methyl sites for hydroxylation is 1. The number of nitrogens with two attached hydrogens (primary N) is 1. The molecule has 0 bridgehead atoms. The highest BCUT2D eigenvalue weighted by molar-refractivity contribution is 7.11. The lowest BCUT2D eigenvalue weighted by Crippen LogP contribution is -2.18. The van der Waals surface area contributed by atoms with E-state index in [1.165, 1.54) is 47.7 Å². The standard InChI is InChI=1S/C13H20N2OS/c14-7-9-3-1-5-11-12(9)15-13(17-11)10-4-2-6-16-8-10/h9-10H,1-8,14H2. The van der Waals surface area contributed by atoms with Gasteiger partial charge in [0.25, 0.3) is 0 Å². The molecule has 1 aliphatic heterocycles. The molecule has 94 valence electrons. The van der Waals surface area contributed by atoms with Crippen molar-refractivity contribution in [2.45, 2.75) is 43.9 Å². The first-order chi connectivity index (χ1) is 8.38. The minimum atomic E-state index is 0.508. The quantitative estimate of drug-likeness (QED) is 0.879. The molecule has 1 aliphatic carbocycles. The normalized spacial score (nSPS) is 29.0. The van der Waals surface area contributed by atoms with Crippen LogP contribution in [0.2, 0.25) is 0 Å². The molecule has 2 atom stereocenters. The Morgan fingerprint density at radius 1 is 1.35 bits per heavy atom. The molecule has 2 N–H and O–H groups in total. The zero-order valence-corrected chi connectivity index (χ0v) is 11.0. The van der Waals surface area contributed by atoms with E-state index < -0.39 is 0 Å². The first-order valence-electron chi connectivity index (χ1n) is 6.65. The minimum Gasteiger partial charge on any atom is -0.381 e. The van der Waals surface area contributed by atoms with Crippen molar-refractivity contribution >= 4 is 11.3 Å². The lowest BCUT2D eigenvalue weighted by Gasteiger charge is -2.20. The highest BCUT2D eigenvalue weighted by Crippen LogP contribution is 2.38. The number of ether oxygens (including phenoxy) is 1. The molecule has 17 heavy (non-hydrogen) atoms. The van der Waals surface area contributed by atoms with Gasteiger partial charge in [0.15, 0.2) is 0 Å². The van der Waals surface area contributed by atoms with Crippen LogP contribution in [0.15, 0.2) is 0 Å². The van der Waals surface area contributed by atoms with Crippen LogP contribution in [0.5, 0.6) is 0 Å². The Kier molecular flexibility index (Phi) is 3.45. The summed E-state index contributed by atoms with van der Waals surface area (Å²) >= 11 is 1.91. The van der Waals surface area contributed by atoms with E-state index in [0.29, 0.717) is 11.8 Å². The molecule has 0 amide bonds. The second-order valence-electron chi connectivity index (χ2n) is 5.10. The number of rotatable bonds is 2. The van der Waals surface area contributed by atoms with Gasteiger partial charge in [-0.2, -0.15) is 0 Å². The van der Waals surface area contributed by atoms with Crippen LogP contribution in [0.25, 0.3) is 0 Å². The number of fused-ring (bicyclic) bond motifs is 1. The molecule has 3 nitrogen and oxygen atoms in total. The Hall–Kier alpha value is -0.450. The van der Waals surface area contributed by atoms with E-state index in [1.54, 1.807) is 0 Å². The second kappa shape index (κ2) is 5.04. The average Bonchev–Trinajstić information content (AvgIpc) is 2.83. The van der Waals surface area contributed by atoms with Crippen LogP contribution >= 0.6 is 11.3 Å². The molecule has 1 aromatic rings. The summed E-state index contributed by atoms with van der Waals surface area (Å²) < 4.78 is 5.56. The maximum atomic E-state index is 5.85. The summed E-state index contributed by atoms with van der Waals surface area (Å²) in [6.07, 6.45) is 6.11. The lowest BCUT2D eigenvalue weighted by molar-refractivity contribution is 0.0803. The fourth-order valence-electron chi connectivity index (χ4n) is 2.87. The third-order valence-electron chi connectivity index (χ3n) is 3.88. The van der Waals surface area contributed by atoms with Crippen molar-refractivity contribution in [3.63, 3.8) is 0 Å². The van der Waals surface area contributed by atoms with Crippen molar-refractivity contribution < 1.29 is 4.74 Å². The maximum Gasteiger partial charge on any atom is 0.0985 e. The Morgan fingerprint density at radius 3 is 3.06 bits per heavy atom. The number of thiazole rings is 1. The monoisotopic (exact) mass is 252 g/mol. The van der Waals surface area contributed by atoms with Crippen molar-refractivity contribution in [1.82, 2.24) is 4.98 Å². The van der Waals surface area contributed by atoms with Crippen LogP contribution < -0.4 is 5.73 Å². The Balaban J connectivity index is 1.84. The van der Waals surface area contributed by atoms with E-state index in [-0.39, 0.29) is 0 Å². The predicted molar refractivity (Wildman–Crippen MR) is 69.6 cm³/mol. The largest absolute Gasteiger partial charge is 0.381 e. The van der Waals surface area contributed by atoms with E-state index in [9.17, 15) is 0 Å². The molecule has 0 aromatic carbocycles. The second-order valence-corrected chi connectivity index (χ2v) is 6.21. The Bertz CT molecular complexity index is 385. The molecule has 2 aliphatic rings. The van der Waals surface area contributed by atoms with Crippen molar-refractivity contribution in [3.8, 4) is 0 Å². The van der Waals surface area contributed by atoms with Gasteiger partial charge in [-0.15, -0.1) is 11.3 Å². The Labute approximate surface area is 106 Å². The summed E-state index contributed by atoms with van der Waals surface area (Å²) in [4.78, 5) is 6.38. The zero-order valence-electron chi connectivity index (χ0n) is 10.2. The van der Waals surface area contributed by atoms with E-state index in [0.717, 1.165) is 19.8 Å². The van der Waals surface area contributed by atoms with Crippen LogP contribution in [-0.2, 0) is 11.2 Å². The molecule has 1 saturated heterocycles. The molecule has 1 fully saturated rings. The van der Waals surface area contributed by atoms with Gasteiger partial charge < -0.3 is 10.5 Å². The van der Waals surface area contributed by atoms with Gasteiger partial charge in [-0.1, -0.05) is 0 Å². The summed E-state index contributed by atoms with van der Waals surface area (Å²) in [6, 6.07) is 0. The van der Waals surface area contributed by atoms with Crippen molar-refractivity contribution in [1.29, 1.82) is 0 Å². The summed E-state index contributed by atoms with van der Waals surface area (Å²) in [6.45, 7) is 2.53. The highest BCUT2D eigenvalue weighted by Gasteiger charge is 2.27. The molecule has 4 heteroatoms. The minimum absolute atomic E-state index is 0.508. The molecule has 2 heterocycles. The van der Waals surface area contributed by atoms with Gasteiger partial charge in [-0.25, -0.2) is 4.98 Å². The summed E-state index contributed by atoms with van der Waals surface area (Å²) in [5, 5.41) is 1.30. The van der Waals surface area contributed by atoms with Gasteiger partial charge in [0, 0.05) is 29.9 Å². The van der Waals surface area contributed by atoms with E-state index in [4.69, 9.17) is 15.5 Å². The van der Waals surface area contributed by atoms with Crippen molar-refractivity contribution in [2.75, 3.05) is 19.8 Å². The summed E-state index contributed by atoms with van der Waals surface area (Å²) in [5.41, 5.74) is 7.16. The maximum absolute atomic E-state index is 5.85. The topological polar surface area (TPSA) is 48.1 Å². The molecule has 2 unspecified atom stereocenters. The zero-order chi connectivity index (χ0) is 11.7. The molecule has 0 saturated carbocycles. The van der Waals surface area contributed by atoms with Gasteiger partial charge in [0.2, 0.25) is 0 Å². The van der Waals surface area contributed by atoms with Crippen molar-refractivity contribution in [3.05, 3.63) is 15.6 Å². The van der Waals surface area contributed by atoms with Gasteiger partial charge in [0.05, 0.1) is 17.3 Å². The van der Waals surface area contributed by atoms with Gasteiger partial charge >= 0.3 is 0 Å². The molecular weight excluding hydrogens is 232 g/mol. The van der Waals surface area contributed by atoms with Crippen LogP contribution in [0.3, 0.4) is 0 Å².